The van der Waals surface area contributed by atoms with Gasteiger partial charge in [-0.25, -0.2) is 4.98 Å². The second-order valence-electron chi connectivity index (χ2n) is 5.87. The molecule has 0 radical (unpaired) electrons. The van der Waals surface area contributed by atoms with Gasteiger partial charge in [-0.3, -0.25) is 4.79 Å². The Hall–Kier alpha value is -2.77. The second kappa shape index (κ2) is 7.63. The molecule has 3 heterocycles. The van der Waals surface area contributed by atoms with Crippen molar-refractivity contribution in [3.63, 3.8) is 0 Å². The van der Waals surface area contributed by atoms with E-state index in [0.717, 1.165) is 12.3 Å². The average Bonchev–Trinajstić information content (AvgIpc) is 3.13. The average molecular weight is 366 g/mol. The molecular formula is C18H17F3N2O3. The van der Waals surface area contributed by atoms with Crippen molar-refractivity contribution in [1.82, 2.24) is 9.88 Å². The summed E-state index contributed by atoms with van der Waals surface area (Å²) in [6.45, 7) is 1.01. The minimum atomic E-state index is -4.42. The molecule has 0 saturated carbocycles. The Labute approximate surface area is 148 Å². The lowest BCUT2D eigenvalue weighted by molar-refractivity contribution is -0.137. The van der Waals surface area contributed by atoms with E-state index in [2.05, 4.69) is 4.98 Å². The molecule has 8 heteroatoms. The Kier molecular flexibility index (Phi) is 5.29. The Balaban J connectivity index is 1.48. The molecule has 0 aromatic carbocycles. The highest BCUT2D eigenvalue weighted by Crippen LogP contribution is 2.29. The number of nitrogens with zero attached hydrogens (tertiary/aromatic N) is 2. The number of piperidine rings is 1. The van der Waals surface area contributed by atoms with E-state index >= 15 is 0 Å². The lowest BCUT2D eigenvalue weighted by Crippen LogP contribution is -2.41. The first-order valence-corrected chi connectivity index (χ1v) is 8.12. The highest BCUT2D eigenvalue weighted by Gasteiger charge is 2.31. The SMILES string of the molecule is O=C(C=Cc1ccco1)N1CCC(Oc2ccc(C(F)(F)F)cn2)CC1. The number of likely N-dealkylation sites (tertiary alicyclic amines) is 1. The maximum atomic E-state index is 12.5. The largest absolute Gasteiger partial charge is 0.474 e. The Bertz CT molecular complexity index is 747. The number of carbonyl (C=O) groups excluding carboxylic acids is 1. The summed E-state index contributed by atoms with van der Waals surface area (Å²) in [5, 5.41) is 0. The first-order chi connectivity index (χ1) is 12.4. The number of carbonyl (C=O) groups is 1. The zero-order valence-corrected chi connectivity index (χ0v) is 13.8. The Morgan fingerprint density at radius 1 is 1.27 bits per heavy atom. The van der Waals surface area contributed by atoms with Gasteiger partial charge in [0.2, 0.25) is 11.8 Å². The molecular weight excluding hydrogens is 349 g/mol. The molecule has 1 fully saturated rings. The van der Waals surface area contributed by atoms with Crippen molar-refractivity contribution >= 4 is 12.0 Å². The number of pyridine rings is 1. The van der Waals surface area contributed by atoms with Crippen LogP contribution in [0.3, 0.4) is 0 Å². The number of amides is 1. The van der Waals surface area contributed by atoms with Crippen LogP contribution >= 0.6 is 0 Å². The molecule has 0 bridgehead atoms. The Morgan fingerprint density at radius 3 is 2.62 bits per heavy atom. The van der Waals surface area contributed by atoms with Gasteiger partial charge < -0.3 is 14.1 Å². The van der Waals surface area contributed by atoms with Crippen molar-refractivity contribution in [1.29, 1.82) is 0 Å². The fraction of sp³-hybridized carbons (Fsp3) is 0.333. The normalized spacial score (nSPS) is 16.2. The number of hydrogen-bond donors (Lipinski definition) is 0. The summed E-state index contributed by atoms with van der Waals surface area (Å²) in [4.78, 5) is 17.5. The van der Waals surface area contributed by atoms with Crippen molar-refractivity contribution in [2.75, 3.05) is 13.1 Å². The number of alkyl halides is 3. The van der Waals surface area contributed by atoms with E-state index in [0.29, 0.717) is 31.7 Å². The molecule has 0 spiro atoms. The first-order valence-electron chi connectivity index (χ1n) is 8.12. The van der Waals surface area contributed by atoms with Gasteiger partial charge in [-0.1, -0.05) is 0 Å². The molecule has 1 saturated heterocycles. The molecule has 1 aliphatic rings. The molecule has 0 unspecified atom stereocenters. The fourth-order valence-corrected chi connectivity index (χ4v) is 2.63. The molecule has 3 rings (SSSR count). The summed E-state index contributed by atoms with van der Waals surface area (Å²) in [6, 6.07) is 5.65. The predicted octanol–water partition coefficient (Wildman–Crippen LogP) is 3.78. The molecule has 0 aliphatic carbocycles. The standard InChI is InChI=1S/C18H17F3N2O3/c19-18(20,21)13-3-5-16(22-12-13)26-15-7-9-23(10-8-15)17(24)6-4-14-2-1-11-25-14/h1-6,11-12,15H,7-10H2. The Morgan fingerprint density at radius 2 is 2.04 bits per heavy atom. The third-order valence-corrected chi connectivity index (χ3v) is 4.04. The van der Waals surface area contributed by atoms with Gasteiger partial charge in [0.05, 0.1) is 11.8 Å². The van der Waals surface area contributed by atoms with E-state index < -0.39 is 11.7 Å². The monoisotopic (exact) mass is 366 g/mol. The maximum Gasteiger partial charge on any atom is 0.417 e. The van der Waals surface area contributed by atoms with Crippen LogP contribution in [0, 0.1) is 0 Å². The highest BCUT2D eigenvalue weighted by molar-refractivity contribution is 5.91. The topological polar surface area (TPSA) is 55.6 Å². The molecule has 1 amide bonds. The van der Waals surface area contributed by atoms with Crippen LogP contribution in [0.2, 0.25) is 0 Å². The van der Waals surface area contributed by atoms with E-state index in [1.807, 2.05) is 0 Å². The van der Waals surface area contributed by atoms with Crippen molar-refractivity contribution in [2.45, 2.75) is 25.1 Å². The van der Waals surface area contributed by atoms with E-state index in [9.17, 15) is 18.0 Å². The number of aromatic nitrogens is 1. The first kappa shape index (κ1) is 18.0. The van der Waals surface area contributed by atoms with Crippen molar-refractivity contribution in [3.05, 3.63) is 54.1 Å². The lowest BCUT2D eigenvalue weighted by atomic mass is 10.1. The van der Waals surface area contributed by atoms with Gasteiger partial charge in [-0.15, -0.1) is 0 Å². The van der Waals surface area contributed by atoms with E-state index in [1.165, 1.54) is 18.4 Å². The quantitative estimate of drug-likeness (QED) is 0.773. The van der Waals surface area contributed by atoms with Gasteiger partial charge in [0, 0.05) is 44.3 Å². The summed E-state index contributed by atoms with van der Waals surface area (Å²) in [7, 11) is 0. The van der Waals surface area contributed by atoms with Gasteiger partial charge in [-0.2, -0.15) is 13.2 Å². The van der Waals surface area contributed by atoms with Crippen LogP contribution in [0.15, 0.2) is 47.2 Å². The summed E-state index contributed by atoms with van der Waals surface area (Å²) < 4.78 is 48.3. The van der Waals surface area contributed by atoms with Crippen LogP contribution < -0.4 is 4.74 Å². The number of furan rings is 1. The second-order valence-corrected chi connectivity index (χ2v) is 5.87. The predicted molar refractivity (Wildman–Crippen MR) is 87.2 cm³/mol. The van der Waals surface area contributed by atoms with Crippen LogP contribution in [0.5, 0.6) is 5.88 Å². The van der Waals surface area contributed by atoms with Gasteiger partial charge in [0.15, 0.2) is 0 Å². The van der Waals surface area contributed by atoms with Gasteiger partial charge in [0.1, 0.15) is 11.9 Å². The minimum absolute atomic E-state index is 0.118. The minimum Gasteiger partial charge on any atom is -0.474 e. The maximum absolute atomic E-state index is 12.5. The molecule has 26 heavy (non-hydrogen) atoms. The van der Waals surface area contributed by atoms with Crippen LogP contribution in [0.4, 0.5) is 13.2 Å². The molecule has 138 valence electrons. The van der Waals surface area contributed by atoms with Gasteiger partial charge in [0.25, 0.3) is 0 Å². The zero-order chi connectivity index (χ0) is 18.6. The van der Waals surface area contributed by atoms with E-state index in [1.54, 1.807) is 23.1 Å². The summed E-state index contributed by atoms with van der Waals surface area (Å²) in [6.07, 6.45) is 1.92. The van der Waals surface area contributed by atoms with Crippen LogP contribution in [-0.2, 0) is 11.0 Å². The number of hydrogen-bond acceptors (Lipinski definition) is 4. The summed E-state index contributed by atoms with van der Waals surface area (Å²) >= 11 is 0. The molecule has 0 N–H and O–H groups in total. The van der Waals surface area contributed by atoms with Crippen LogP contribution in [0.25, 0.3) is 6.08 Å². The van der Waals surface area contributed by atoms with E-state index in [-0.39, 0.29) is 17.9 Å². The highest BCUT2D eigenvalue weighted by atomic mass is 19.4. The number of rotatable bonds is 4. The summed E-state index contributed by atoms with van der Waals surface area (Å²) in [5.74, 6) is 0.637. The molecule has 0 atom stereocenters. The summed E-state index contributed by atoms with van der Waals surface area (Å²) in [5.41, 5.74) is -0.811. The number of halogens is 3. The van der Waals surface area contributed by atoms with Crippen molar-refractivity contribution in [3.8, 4) is 5.88 Å². The molecule has 2 aromatic heterocycles. The zero-order valence-electron chi connectivity index (χ0n) is 13.8. The van der Waals surface area contributed by atoms with Gasteiger partial charge in [-0.05, 0) is 24.3 Å². The lowest BCUT2D eigenvalue weighted by Gasteiger charge is -2.31. The third-order valence-electron chi connectivity index (χ3n) is 4.04. The van der Waals surface area contributed by atoms with Crippen molar-refractivity contribution < 1.29 is 27.1 Å². The number of ether oxygens (including phenoxy) is 1. The molecule has 2 aromatic rings. The van der Waals surface area contributed by atoms with Crippen LogP contribution in [0.1, 0.15) is 24.2 Å². The van der Waals surface area contributed by atoms with Gasteiger partial charge >= 0.3 is 6.18 Å². The molecule has 5 nitrogen and oxygen atoms in total. The molecule has 1 aliphatic heterocycles. The van der Waals surface area contributed by atoms with Crippen LogP contribution in [-0.4, -0.2) is 35.0 Å². The third kappa shape index (κ3) is 4.65. The van der Waals surface area contributed by atoms with E-state index in [4.69, 9.17) is 9.15 Å². The van der Waals surface area contributed by atoms with Crippen molar-refractivity contribution in [2.24, 2.45) is 0 Å². The fourth-order valence-electron chi connectivity index (χ4n) is 2.63. The smallest absolute Gasteiger partial charge is 0.417 e.